The van der Waals surface area contributed by atoms with Gasteiger partial charge in [-0.2, -0.15) is 0 Å². The molecule has 0 bridgehead atoms. The van der Waals surface area contributed by atoms with E-state index in [1.54, 1.807) is 13.0 Å². The molecule has 118 valence electrons. The highest BCUT2D eigenvalue weighted by Crippen LogP contribution is 2.34. The van der Waals surface area contributed by atoms with E-state index in [-0.39, 0.29) is 17.0 Å². The maximum atomic E-state index is 9.11. The smallest absolute Gasteiger partial charge is 0.228 e. The Morgan fingerprint density at radius 2 is 1.90 bits per heavy atom. The molecule has 0 radical (unpaired) electrons. The monoisotopic (exact) mass is 358 g/mol. The van der Waals surface area contributed by atoms with Gasteiger partial charge in [0.25, 0.3) is 0 Å². The highest BCUT2D eigenvalue weighted by Gasteiger charge is 2.25. The number of nitrogens with zero attached hydrogens (tertiary/aromatic N) is 2. The molecule has 0 aromatic carbocycles. The molecule has 0 spiro atoms. The van der Waals surface area contributed by atoms with E-state index in [0.29, 0.717) is 16.0 Å². The molecule has 0 aliphatic heterocycles. The van der Waals surface area contributed by atoms with Crippen LogP contribution in [0.25, 0.3) is 0 Å². The number of rotatable bonds is 4. The Kier molecular flexibility index (Phi) is 5.46. The molecular weight excluding hydrogens is 336 g/mol. The third-order valence-electron chi connectivity index (χ3n) is 4.26. The molecule has 1 aliphatic carbocycles. The Hall–Kier alpha value is -0.850. The van der Waals surface area contributed by atoms with E-state index < -0.39 is 0 Å². The maximum absolute atomic E-state index is 9.11. The molecule has 2 rings (SSSR count). The minimum atomic E-state index is 0.0741. The fraction of sp³-hybridized carbons (Fsp3) is 0.667. The summed E-state index contributed by atoms with van der Waals surface area (Å²) < 4.78 is 6.62. The summed E-state index contributed by atoms with van der Waals surface area (Å²) in [5.74, 6) is 2.05. The Morgan fingerprint density at radius 1 is 1.29 bits per heavy atom. The second-order valence-electron chi connectivity index (χ2n) is 6.07. The van der Waals surface area contributed by atoms with Crippen LogP contribution in [-0.2, 0) is 0 Å². The Labute approximate surface area is 134 Å². The van der Waals surface area contributed by atoms with Crippen LogP contribution in [0.3, 0.4) is 0 Å². The second kappa shape index (κ2) is 6.94. The highest BCUT2D eigenvalue weighted by molar-refractivity contribution is 9.10. The largest absolute Gasteiger partial charge is 0.474 e. The SMILES string of the molecule is Cc1nc(OC2CCC(C(C)C)CC2)c(Br)cc1N(O)O. The van der Waals surface area contributed by atoms with Crippen molar-refractivity contribution in [2.75, 3.05) is 5.23 Å². The average molecular weight is 359 g/mol. The summed E-state index contributed by atoms with van der Waals surface area (Å²) >= 11 is 3.38. The van der Waals surface area contributed by atoms with Crippen molar-refractivity contribution in [3.05, 3.63) is 16.2 Å². The molecule has 1 saturated carbocycles. The van der Waals surface area contributed by atoms with E-state index in [1.165, 1.54) is 12.8 Å². The summed E-state index contributed by atoms with van der Waals surface area (Å²) in [6.45, 7) is 6.27. The third-order valence-corrected chi connectivity index (χ3v) is 4.83. The number of aryl methyl sites for hydroxylation is 1. The lowest BCUT2D eigenvalue weighted by Crippen LogP contribution is -2.26. The molecule has 1 aromatic rings. The summed E-state index contributed by atoms with van der Waals surface area (Å²) in [6.07, 6.45) is 4.66. The van der Waals surface area contributed by atoms with Crippen molar-refractivity contribution in [1.82, 2.24) is 4.98 Å². The Balaban J connectivity index is 2.03. The molecule has 2 N–H and O–H groups in total. The first-order valence-electron chi connectivity index (χ1n) is 7.40. The normalized spacial score (nSPS) is 22.4. The van der Waals surface area contributed by atoms with Crippen LogP contribution in [0, 0.1) is 18.8 Å². The van der Waals surface area contributed by atoms with Gasteiger partial charge in [-0.25, -0.2) is 4.98 Å². The van der Waals surface area contributed by atoms with E-state index in [0.717, 1.165) is 24.7 Å². The van der Waals surface area contributed by atoms with Gasteiger partial charge >= 0.3 is 0 Å². The molecule has 6 heteroatoms. The molecule has 0 amide bonds. The first-order chi connectivity index (χ1) is 9.88. The van der Waals surface area contributed by atoms with E-state index in [2.05, 4.69) is 34.8 Å². The molecule has 0 atom stereocenters. The van der Waals surface area contributed by atoms with Gasteiger partial charge in [0.2, 0.25) is 5.88 Å². The van der Waals surface area contributed by atoms with Crippen molar-refractivity contribution in [3.8, 4) is 5.88 Å². The lowest BCUT2D eigenvalue weighted by Gasteiger charge is -2.31. The topological polar surface area (TPSA) is 65.8 Å². The van der Waals surface area contributed by atoms with Crippen LogP contribution >= 0.6 is 15.9 Å². The average Bonchev–Trinajstić information content (AvgIpc) is 2.42. The summed E-state index contributed by atoms with van der Waals surface area (Å²) in [5.41, 5.74) is 0.742. The van der Waals surface area contributed by atoms with Gasteiger partial charge in [-0.3, -0.25) is 10.4 Å². The summed E-state index contributed by atoms with van der Waals surface area (Å²) in [7, 11) is 0. The Bertz CT molecular complexity index is 486. The van der Waals surface area contributed by atoms with Crippen LogP contribution < -0.4 is 9.96 Å². The zero-order valence-electron chi connectivity index (χ0n) is 12.7. The standard InChI is InChI=1S/C15H23BrN2O3/c1-9(2)11-4-6-12(7-5-11)21-15-13(16)8-14(18(19)20)10(3)17-15/h8-9,11-12,19-20H,4-7H2,1-3H3. The number of ether oxygens (including phenoxy) is 1. The molecule has 5 nitrogen and oxygen atoms in total. The van der Waals surface area contributed by atoms with Crippen LogP contribution in [0.1, 0.15) is 45.2 Å². The molecule has 1 fully saturated rings. The van der Waals surface area contributed by atoms with Gasteiger partial charge in [-0.15, -0.1) is 5.23 Å². The van der Waals surface area contributed by atoms with E-state index in [9.17, 15) is 0 Å². The first-order valence-corrected chi connectivity index (χ1v) is 8.19. The molecule has 0 unspecified atom stereocenters. The zero-order chi connectivity index (χ0) is 15.6. The molecule has 1 aromatic heterocycles. The second-order valence-corrected chi connectivity index (χ2v) is 6.92. The van der Waals surface area contributed by atoms with Gasteiger partial charge in [0.05, 0.1) is 10.2 Å². The van der Waals surface area contributed by atoms with Crippen LogP contribution in [0.4, 0.5) is 5.69 Å². The van der Waals surface area contributed by atoms with Gasteiger partial charge in [0, 0.05) is 0 Å². The van der Waals surface area contributed by atoms with Crippen LogP contribution in [0.15, 0.2) is 10.5 Å². The number of aromatic nitrogens is 1. The van der Waals surface area contributed by atoms with Gasteiger partial charge < -0.3 is 4.74 Å². The van der Waals surface area contributed by atoms with Gasteiger partial charge in [0.1, 0.15) is 11.8 Å². The third kappa shape index (κ3) is 4.08. The lowest BCUT2D eigenvalue weighted by molar-refractivity contribution is 0.0284. The fourth-order valence-corrected chi connectivity index (χ4v) is 3.26. The molecule has 1 aliphatic rings. The number of pyridine rings is 1. The molecule has 21 heavy (non-hydrogen) atoms. The van der Waals surface area contributed by atoms with Crippen molar-refractivity contribution in [1.29, 1.82) is 0 Å². The van der Waals surface area contributed by atoms with Crippen molar-refractivity contribution in [3.63, 3.8) is 0 Å². The van der Waals surface area contributed by atoms with Crippen molar-refractivity contribution in [2.24, 2.45) is 11.8 Å². The molecule has 0 saturated heterocycles. The minimum absolute atomic E-state index is 0.0741. The predicted octanol–water partition coefficient (Wildman–Crippen LogP) is 4.33. The summed E-state index contributed by atoms with van der Waals surface area (Å²) in [4.78, 5) is 4.31. The minimum Gasteiger partial charge on any atom is -0.474 e. The number of hydrogen-bond donors (Lipinski definition) is 2. The lowest BCUT2D eigenvalue weighted by atomic mass is 9.80. The van der Waals surface area contributed by atoms with Crippen molar-refractivity contribution < 1.29 is 15.2 Å². The quantitative estimate of drug-likeness (QED) is 0.784. The van der Waals surface area contributed by atoms with E-state index in [4.69, 9.17) is 15.2 Å². The van der Waals surface area contributed by atoms with Crippen molar-refractivity contribution in [2.45, 2.75) is 52.6 Å². The number of anilines is 1. The van der Waals surface area contributed by atoms with E-state index in [1.807, 2.05) is 0 Å². The molecule has 1 heterocycles. The van der Waals surface area contributed by atoms with Gasteiger partial charge in [0.15, 0.2) is 0 Å². The zero-order valence-corrected chi connectivity index (χ0v) is 14.3. The number of hydrogen-bond acceptors (Lipinski definition) is 5. The fourth-order valence-electron chi connectivity index (χ4n) is 2.87. The predicted molar refractivity (Wildman–Crippen MR) is 83.9 cm³/mol. The highest BCUT2D eigenvalue weighted by atomic mass is 79.9. The maximum Gasteiger partial charge on any atom is 0.228 e. The summed E-state index contributed by atoms with van der Waals surface area (Å²) in [6, 6.07) is 1.59. The van der Waals surface area contributed by atoms with Crippen LogP contribution in [-0.4, -0.2) is 21.5 Å². The van der Waals surface area contributed by atoms with Crippen molar-refractivity contribution >= 4 is 21.6 Å². The van der Waals surface area contributed by atoms with Crippen LogP contribution in [0.5, 0.6) is 5.88 Å². The van der Waals surface area contributed by atoms with Crippen LogP contribution in [0.2, 0.25) is 0 Å². The first kappa shape index (κ1) is 16.5. The van der Waals surface area contributed by atoms with Gasteiger partial charge in [-0.1, -0.05) is 13.8 Å². The summed E-state index contributed by atoms with van der Waals surface area (Å²) in [5, 5.41) is 18.3. The Morgan fingerprint density at radius 3 is 2.43 bits per heavy atom. The van der Waals surface area contributed by atoms with Gasteiger partial charge in [-0.05, 0) is 66.4 Å². The number of halogens is 1. The molecular formula is C15H23BrN2O3. The van der Waals surface area contributed by atoms with E-state index >= 15 is 0 Å².